The number of piperidine rings is 1. The zero-order valence-corrected chi connectivity index (χ0v) is 14.3. The van der Waals surface area contributed by atoms with Crippen molar-refractivity contribution in [3.8, 4) is 0 Å². The Hall–Kier alpha value is -1.92. The van der Waals surface area contributed by atoms with Gasteiger partial charge in [0.2, 0.25) is 11.8 Å². The molecule has 0 saturated carbocycles. The number of ether oxygens (including phenoxy) is 2. The molecule has 6 nitrogen and oxygen atoms in total. The largest absolute Gasteiger partial charge is 0.347 e. The molecule has 134 valence electrons. The molecule has 1 aromatic rings. The Morgan fingerprint density at radius 3 is 2.68 bits per heavy atom. The summed E-state index contributed by atoms with van der Waals surface area (Å²) in [5.74, 6) is -0.433. The Bertz CT molecular complexity index is 659. The van der Waals surface area contributed by atoms with Gasteiger partial charge in [-0.25, -0.2) is 0 Å². The number of hydrogen-bond acceptors (Lipinski definition) is 4. The van der Waals surface area contributed by atoms with Crippen molar-refractivity contribution in [2.45, 2.75) is 37.9 Å². The van der Waals surface area contributed by atoms with E-state index in [1.165, 1.54) is 0 Å². The SMILES string of the molecule is O=C1Nc2ccccc2C[C@@H]1CCC(=O)N1CCC2(CC1)OCCO2. The van der Waals surface area contributed by atoms with E-state index in [0.717, 1.165) is 24.1 Å². The number of hydrogen-bond donors (Lipinski definition) is 1. The van der Waals surface area contributed by atoms with Gasteiger partial charge in [-0.15, -0.1) is 0 Å². The summed E-state index contributed by atoms with van der Waals surface area (Å²) in [7, 11) is 0. The molecule has 2 fully saturated rings. The normalized spacial score (nSPS) is 24.9. The molecule has 25 heavy (non-hydrogen) atoms. The topological polar surface area (TPSA) is 67.9 Å². The lowest BCUT2D eigenvalue weighted by Crippen LogP contribution is -2.47. The number of likely N-dealkylation sites (tertiary alicyclic amines) is 1. The molecular weight excluding hydrogens is 320 g/mol. The van der Waals surface area contributed by atoms with E-state index in [9.17, 15) is 9.59 Å². The number of para-hydroxylation sites is 1. The molecule has 0 aliphatic carbocycles. The summed E-state index contributed by atoms with van der Waals surface area (Å²) >= 11 is 0. The molecule has 0 aromatic heterocycles. The van der Waals surface area contributed by atoms with Crippen molar-refractivity contribution in [3.63, 3.8) is 0 Å². The van der Waals surface area contributed by atoms with Crippen molar-refractivity contribution in [3.05, 3.63) is 29.8 Å². The second-order valence-electron chi connectivity index (χ2n) is 7.07. The number of benzene rings is 1. The van der Waals surface area contributed by atoms with Gasteiger partial charge >= 0.3 is 0 Å². The first-order chi connectivity index (χ1) is 12.2. The number of amides is 2. The fourth-order valence-electron chi connectivity index (χ4n) is 3.98. The molecule has 1 N–H and O–H groups in total. The summed E-state index contributed by atoms with van der Waals surface area (Å²) in [6, 6.07) is 7.86. The zero-order chi connectivity index (χ0) is 17.3. The Labute approximate surface area is 147 Å². The standard InChI is InChI=1S/C19H24N2O4/c22-17(21-9-7-19(8-10-21)24-11-12-25-19)6-5-15-13-14-3-1-2-4-16(14)20-18(15)23/h1-4,15H,5-13H2,(H,20,23)/t15-/m0/s1. The van der Waals surface area contributed by atoms with E-state index < -0.39 is 5.79 Å². The summed E-state index contributed by atoms with van der Waals surface area (Å²) < 4.78 is 11.4. The van der Waals surface area contributed by atoms with Gasteiger partial charge in [-0.05, 0) is 24.5 Å². The average Bonchev–Trinajstić information content (AvgIpc) is 3.08. The highest BCUT2D eigenvalue weighted by Gasteiger charge is 2.40. The number of carbonyl (C=O) groups excluding carboxylic acids is 2. The summed E-state index contributed by atoms with van der Waals surface area (Å²) in [6.07, 6.45) is 3.18. The van der Waals surface area contributed by atoms with Gasteiger partial charge in [0.15, 0.2) is 5.79 Å². The molecule has 3 aliphatic rings. The van der Waals surface area contributed by atoms with Crippen LogP contribution in [-0.4, -0.2) is 48.8 Å². The van der Waals surface area contributed by atoms with Crippen LogP contribution < -0.4 is 5.32 Å². The van der Waals surface area contributed by atoms with Crippen LogP contribution in [0, 0.1) is 5.92 Å². The third-order valence-electron chi connectivity index (χ3n) is 5.51. The fraction of sp³-hybridized carbons (Fsp3) is 0.579. The lowest BCUT2D eigenvalue weighted by atomic mass is 9.89. The second-order valence-corrected chi connectivity index (χ2v) is 7.07. The van der Waals surface area contributed by atoms with Gasteiger partial charge in [0.25, 0.3) is 0 Å². The third-order valence-corrected chi connectivity index (χ3v) is 5.51. The highest BCUT2D eigenvalue weighted by Crippen LogP contribution is 2.32. The van der Waals surface area contributed by atoms with Crippen molar-refractivity contribution in [1.29, 1.82) is 0 Å². The van der Waals surface area contributed by atoms with Gasteiger partial charge in [0, 0.05) is 44.0 Å². The number of fused-ring (bicyclic) bond motifs is 1. The zero-order valence-electron chi connectivity index (χ0n) is 14.3. The number of anilines is 1. The predicted molar refractivity (Wildman–Crippen MR) is 91.9 cm³/mol. The first-order valence-corrected chi connectivity index (χ1v) is 9.10. The molecule has 3 heterocycles. The maximum Gasteiger partial charge on any atom is 0.227 e. The second kappa shape index (κ2) is 6.77. The number of rotatable bonds is 3. The Balaban J connectivity index is 1.28. The van der Waals surface area contributed by atoms with Crippen molar-refractivity contribution >= 4 is 17.5 Å². The van der Waals surface area contributed by atoms with Crippen molar-refractivity contribution in [1.82, 2.24) is 4.90 Å². The minimum absolute atomic E-state index is 0.0249. The Morgan fingerprint density at radius 2 is 1.92 bits per heavy atom. The molecule has 3 aliphatic heterocycles. The molecule has 0 bridgehead atoms. The molecule has 2 amide bonds. The highest BCUT2D eigenvalue weighted by molar-refractivity contribution is 5.96. The summed E-state index contributed by atoms with van der Waals surface area (Å²) in [5, 5.41) is 2.95. The molecular formula is C19H24N2O4. The van der Waals surface area contributed by atoms with E-state index in [-0.39, 0.29) is 17.7 Å². The van der Waals surface area contributed by atoms with Crippen LogP contribution in [0.1, 0.15) is 31.2 Å². The highest BCUT2D eigenvalue weighted by atomic mass is 16.7. The van der Waals surface area contributed by atoms with Crippen molar-refractivity contribution < 1.29 is 19.1 Å². The van der Waals surface area contributed by atoms with Crippen LogP contribution in [0.4, 0.5) is 5.69 Å². The van der Waals surface area contributed by atoms with Gasteiger partial charge in [-0.1, -0.05) is 18.2 Å². The lowest BCUT2D eigenvalue weighted by Gasteiger charge is -2.37. The molecule has 2 saturated heterocycles. The van der Waals surface area contributed by atoms with Crippen LogP contribution in [0.2, 0.25) is 0 Å². The molecule has 1 spiro atoms. The fourth-order valence-corrected chi connectivity index (χ4v) is 3.98. The molecule has 0 radical (unpaired) electrons. The van der Waals surface area contributed by atoms with E-state index in [1.54, 1.807) is 0 Å². The number of nitrogens with one attached hydrogen (secondary N) is 1. The minimum Gasteiger partial charge on any atom is -0.347 e. The van der Waals surface area contributed by atoms with Gasteiger partial charge in [-0.3, -0.25) is 9.59 Å². The molecule has 1 aromatic carbocycles. The van der Waals surface area contributed by atoms with Crippen molar-refractivity contribution in [2.24, 2.45) is 5.92 Å². The van der Waals surface area contributed by atoms with Crippen LogP contribution in [0.3, 0.4) is 0 Å². The smallest absolute Gasteiger partial charge is 0.227 e. The Kier molecular flexibility index (Phi) is 4.48. The minimum atomic E-state index is -0.455. The van der Waals surface area contributed by atoms with Crippen LogP contribution >= 0.6 is 0 Å². The van der Waals surface area contributed by atoms with Crippen LogP contribution in [0.15, 0.2) is 24.3 Å². The lowest BCUT2D eigenvalue weighted by molar-refractivity contribution is -0.187. The summed E-state index contributed by atoms with van der Waals surface area (Å²) in [5.41, 5.74) is 2.04. The van der Waals surface area contributed by atoms with E-state index in [0.29, 0.717) is 45.6 Å². The molecule has 0 unspecified atom stereocenters. The molecule has 4 rings (SSSR count). The quantitative estimate of drug-likeness (QED) is 0.910. The van der Waals surface area contributed by atoms with Gasteiger partial charge in [0.1, 0.15) is 0 Å². The van der Waals surface area contributed by atoms with Crippen LogP contribution in [0.5, 0.6) is 0 Å². The van der Waals surface area contributed by atoms with E-state index in [2.05, 4.69) is 5.32 Å². The van der Waals surface area contributed by atoms with Gasteiger partial charge < -0.3 is 19.7 Å². The monoisotopic (exact) mass is 344 g/mol. The maximum absolute atomic E-state index is 12.5. The Morgan fingerprint density at radius 1 is 1.20 bits per heavy atom. The van der Waals surface area contributed by atoms with Crippen LogP contribution in [-0.2, 0) is 25.5 Å². The first-order valence-electron chi connectivity index (χ1n) is 9.10. The number of nitrogens with zero attached hydrogens (tertiary/aromatic N) is 1. The van der Waals surface area contributed by atoms with Gasteiger partial charge in [-0.2, -0.15) is 0 Å². The van der Waals surface area contributed by atoms with Crippen LogP contribution in [0.25, 0.3) is 0 Å². The first kappa shape index (κ1) is 16.5. The molecule has 1 atom stereocenters. The van der Waals surface area contributed by atoms with E-state index >= 15 is 0 Å². The third kappa shape index (κ3) is 3.41. The van der Waals surface area contributed by atoms with E-state index in [1.807, 2.05) is 29.2 Å². The molecule has 6 heteroatoms. The maximum atomic E-state index is 12.5. The van der Waals surface area contributed by atoms with Gasteiger partial charge in [0.05, 0.1) is 13.2 Å². The summed E-state index contributed by atoms with van der Waals surface area (Å²) in [6.45, 7) is 2.62. The number of carbonyl (C=O) groups is 2. The average molecular weight is 344 g/mol. The summed E-state index contributed by atoms with van der Waals surface area (Å²) in [4.78, 5) is 26.6. The predicted octanol–water partition coefficient (Wildman–Crippen LogP) is 1.94. The van der Waals surface area contributed by atoms with Crippen molar-refractivity contribution in [2.75, 3.05) is 31.6 Å². The van der Waals surface area contributed by atoms with E-state index in [4.69, 9.17) is 9.47 Å².